The van der Waals surface area contributed by atoms with Crippen LogP contribution in [0.25, 0.3) is 0 Å². The third-order valence-electron chi connectivity index (χ3n) is 3.03. The van der Waals surface area contributed by atoms with Crippen LogP contribution in [0.15, 0.2) is 18.2 Å². The van der Waals surface area contributed by atoms with Gasteiger partial charge in [-0.1, -0.05) is 13.0 Å². The van der Waals surface area contributed by atoms with Crippen molar-refractivity contribution in [3.8, 4) is 0 Å². The van der Waals surface area contributed by atoms with Gasteiger partial charge in [0.1, 0.15) is 11.6 Å². The Balaban J connectivity index is 2.90. The Bertz CT molecular complexity index is 426. The largest absolute Gasteiger partial charge is 0.348 e. The maximum absolute atomic E-state index is 13.5. The van der Waals surface area contributed by atoms with Gasteiger partial charge < -0.3 is 11.1 Å². The molecule has 2 atom stereocenters. The van der Waals surface area contributed by atoms with E-state index < -0.39 is 29.1 Å². The average molecular weight is 256 g/mol. The standard InChI is InChI=1S/C13H18F2N2O/c1-4-13(3,16)12(18)17-8(2)11-9(14)6-5-7-10(11)15/h5-8H,4,16H2,1-3H3,(H,17,18). The van der Waals surface area contributed by atoms with Crippen LogP contribution in [0.1, 0.15) is 38.8 Å². The van der Waals surface area contributed by atoms with Gasteiger partial charge in [0.15, 0.2) is 0 Å². The lowest BCUT2D eigenvalue weighted by molar-refractivity contribution is -0.126. The molecule has 5 heteroatoms. The molecule has 1 aromatic carbocycles. The first-order valence-corrected chi connectivity index (χ1v) is 5.83. The average Bonchev–Trinajstić information content (AvgIpc) is 2.28. The summed E-state index contributed by atoms with van der Waals surface area (Å²) in [6, 6.07) is 2.82. The number of carbonyl (C=O) groups excluding carboxylic acids is 1. The molecule has 0 aliphatic heterocycles. The van der Waals surface area contributed by atoms with Crippen molar-refractivity contribution in [2.24, 2.45) is 5.73 Å². The van der Waals surface area contributed by atoms with Crippen LogP contribution in [0.5, 0.6) is 0 Å². The Hall–Kier alpha value is -1.49. The molecule has 2 unspecified atom stereocenters. The predicted octanol–water partition coefficient (Wildman–Crippen LogP) is 2.27. The van der Waals surface area contributed by atoms with Crippen molar-refractivity contribution in [3.05, 3.63) is 35.4 Å². The Labute approximate surface area is 105 Å². The maximum atomic E-state index is 13.5. The Morgan fingerprint density at radius 3 is 2.39 bits per heavy atom. The summed E-state index contributed by atoms with van der Waals surface area (Å²) in [6.45, 7) is 4.87. The molecule has 1 amide bonds. The summed E-state index contributed by atoms with van der Waals surface area (Å²) in [5.41, 5.74) is 4.56. The quantitative estimate of drug-likeness (QED) is 0.868. The summed E-state index contributed by atoms with van der Waals surface area (Å²) in [6.07, 6.45) is 0.436. The number of halogens is 2. The summed E-state index contributed by atoms with van der Waals surface area (Å²) in [4.78, 5) is 11.8. The normalized spacial score (nSPS) is 15.9. The van der Waals surface area contributed by atoms with Crippen LogP contribution in [0.2, 0.25) is 0 Å². The van der Waals surface area contributed by atoms with E-state index in [0.29, 0.717) is 6.42 Å². The highest BCUT2D eigenvalue weighted by Gasteiger charge is 2.28. The minimum atomic E-state index is -1.05. The van der Waals surface area contributed by atoms with Gasteiger partial charge in [0.05, 0.1) is 11.6 Å². The minimum absolute atomic E-state index is 0.155. The molecule has 3 nitrogen and oxygen atoms in total. The van der Waals surface area contributed by atoms with Crippen molar-refractivity contribution in [3.63, 3.8) is 0 Å². The first-order valence-electron chi connectivity index (χ1n) is 5.83. The molecule has 3 N–H and O–H groups in total. The zero-order chi connectivity index (χ0) is 13.9. The molecule has 0 aromatic heterocycles. The van der Waals surface area contributed by atoms with Crippen molar-refractivity contribution in [1.29, 1.82) is 0 Å². The van der Waals surface area contributed by atoms with E-state index in [1.165, 1.54) is 13.0 Å². The SMILES string of the molecule is CCC(C)(N)C(=O)NC(C)c1c(F)cccc1F. The van der Waals surface area contributed by atoms with Gasteiger partial charge in [-0.15, -0.1) is 0 Å². The van der Waals surface area contributed by atoms with Crippen molar-refractivity contribution >= 4 is 5.91 Å². The van der Waals surface area contributed by atoms with E-state index in [2.05, 4.69) is 5.32 Å². The highest BCUT2D eigenvalue weighted by atomic mass is 19.1. The van der Waals surface area contributed by atoms with E-state index in [-0.39, 0.29) is 5.56 Å². The number of rotatable bonds is 4. The molecule has 0 spiro atoms. The fraction of sp³-hybridized carbons (Fsp3) is 0.462. The third kappa shape index (κ3) is 3.04. The second kappa shape index (κ2) is 5.44. The smallest absolute Gasteiger partial charge is 0.240 e. The lowest BCUT2D eigenvalue weighted by atomic mass is 9.98. The van der Waals surface area contributed by atoms with E-state index in [9.17, 15) is 13.6 Å². The Morgan fingerprint density at radius 2 is 1.94 bits per heavy atom. The van der Waals surface area contributed by atoms with Gasteiger partial charge in [0, 0.05) is 5.56 Å². The van der Waals surface area contributed by atoms with E-state index in [0.717, 1.165) is 12.1 Å². The molecule has 0 radical (unpaired) electrons. The predicted molar refractivity (Wildman–Crippen MR) is 65.8 cm³/mol. The molecule has 18 heavy (non-hydrogen) atoms. The van der Waals surface area contributed by atoms with Gasteiger partial charge in [-0.25, -0.2) is 8.78 Å². The van der Waals surface area contributed by atoms with E-state index >= 15 is 0 Å². The first kappa shape index (κ1) is 14.6. The summed E-state index contributed by atoms with van der Waals surface area (Å²) in [5, 5.41) is 2.53. The van der Waals surface area contributed by atoms with E-state index in [4.69, 9.17) is 5.73 Å². The molecule has 0 bridgehead atoms. The van der Waals surface area contributed by atoms with Gasteiger partial charge in [-0.05, 0) is 32.4 Å². The molecule has 0 heterocycles. The topological polar surface area (TPSA) is 55.1 Å². The fourth-order valence-electron chi connectivity index (χ4n) is 1.52. The maximum Gasteiger partial charge on any atom is 0.240 e. The second-order valence-electron chi connectivity index (χ2n) is 4.60. The van der Waals surface area contributed by atoms with Crippen LogP contribution in [0.4, 0.5) is 8.78 Å². The molecular weight excluding hydrogens is 238 g/mol. The van der Waals surface area contributed by atoms with Crippen molar-refractivity contribution in [2.75, 3.05) is 0 Å². The number of nitrogens with one attached hydrogen (secondary N) is 1. The molecule has 1 aromatic rings. The number of hydrogen-bond acceptors (Lipinski definition) is 2. The number of amides is 1. The number of benzene rings is 1. The van der Waals surface area contributed by atoms with Crippen LogP contribution >= 0.6 is 0 Å². The van der Waals surface area contributed by atoms with Crippen LogP contribution < -0.4 is 11.1 Å². The Morgan fingerprint density at radius 1 is 1.44 bits per heavy atom. The summed E-state index contributed by atoms with van der Waals surface area (Å²) in [7, 11) is 0. The van der Waals surface area contributed by atoms with Gasteiger partial charge in [0.2, 0.25) is 5.91 Å². The fourth-order valence-corrected chi connectivity index (χ4v) is 1.52. The van der Waals surface area contributed by atoms with Gasteiger partial charge >= 0.3 is 0 Å². The summed E-state index contributed by atoms with van der Waals surface area (Å²) < 4.78 is 27.0. The van der Waals surface area contributed by atoms with Crippen LogP contribution in [0.3, 0.4) is 0 Å². The molecule has 0 fully saturated rings. The van der Waals surface area contributed by atoms with E-state index in [1.54, 1.807) is 13.8 Å². The van der Waals surface area contributed by atoms with Crippen LogP contribution in [-0.2, 0) is 4.79 Å². The number of hydrogen-bond donors (Lipinski definition) is 2. The Kier molecular flexibility index (Phi) is 4.40. The lowest BCUT2D eigenvalue weighted by Crippen LogP contribution is -2.51. The molecule has 1 rings (SSSR count). The molecular formula is C13H18F2N2O. The first-order chi connectivity index (χ1) is 8.29. The van der Waals surface area contributed by atoms with Gasteiger partial charge in [-0.3, -0.25) is 4.79 Å². The second-order valence-corrected chi connectivity index (χ2v) is 4.60. The van der Waals surface area contributed by atoms with Gasteiger partial charge in [-0.2, -0.15) is 0 Å². The number of nitrogens with two attached hydrogens (primary N) is 1. The monoisotopic (exact) mass is 256 g/mol. The molecule has 0 saturated carbocycles. The lowest BCUT2D eigenvalue weighted by Gasteiger charge is -2.25. The molecule has 0 aliphatic rings. The third-order valence-corrected chi connectivity index (χ3v) is 3.03. The van der Waals surface area contributed by atoms with E-state index in [1.807, 2.05) is 0 Å². The molecule has 0 aliphatic carbocycles. The number of carbonyl (C=O) groups is 1. The zero-order valence-electron chi connectivity index (χ0n) is 10.8. The van der Waals surface area contributed by atoms with Crippen molar-refractivity contribution < 1.29 is 13.6 Å². The summed E-state index contributed by atoms with van der Waals surface area (Å²) in [5.74, 6) is -1.80. The zero-order valence-corrected chi connectivity index (χ0v) is 10.8. The minimum Gasteiger partial charge on any atom is -0.348 e. The van der Waals surface area contributed by atoms with Crippen molar-refractivity contribution in [1.82, 2.24) is 5.32 Å². The van der Waals surface area contributed by atoms with Crippen molar-refractivity contribution in [2.45, 2.75) is 38.8 Å². The summed E-state index contributed by atoms with van der Waals surface area (Å²) >= 11 is 0. The van der Waals surface area contributed by atoms with Crippen LogP contribution in [-0.4, -0.2) is 11.4 Å². The molecule has 100 valence electrons. The van der Waals surface area contributed by atoms with Crippen LogP contribution in [0, 0.1) is 11.6 Å². The van der Waals surface area contributed by atoms with Gasteiger partial charge in [0.25, 0.3) is 0 Å². The molecule has 0 saturated heterocycles. The highest BCUT2D eigenvalue weighted by Crippen LogP contribution is 2.21. The highest BCUT2D eigenvalue weighted by molar-refractivity contribution is 5.85.